The van der Waals surface area contributed by atoms with Crippen LogP contribution in [-0.2, 0) is 0 Å². The predicted molar refractivity (Wildman–Crippen MR) is 65.4 cm³/mol. The molecule has 94 valence electrons. The predicted octanol–water partition coefficient (Wildman–Crippen LogP) is 0.0708. The second-order valence-electron chi connectivity index (χ2n) is 4.58. The summed E-state index contributed by atoms with van der Waals surface area (Å²) in [6, 6.07) is 0.264. The van der Waals surface area contributed by atoms with Crippen molar-refractivity contribution < 1.29 is 4.79 Å². The Morgan fingerprint density at radius 2 is 2.06 bits per heavy atom. The van der Waals surface area contributed by atoms with Crippen LogP contribution >= 0.6 is 0 Å². The summed E-state index contributed by atoms with van der Waals surface area (Å²) in [5, 5.41) is 2.93. The maximum Gasteiger partial charge on any atom is 0.317 e. The molecule has 0 aliphatic carbocycles. The molecule has 0 aromatic heterocycles. The van der Waals surface area contributed by atoms with E-state index in [0.29, 0.717) is 6.54 Å². The Balaban J connectivity index is 2.37. The van der Waals surface area contributed by atoms with E-state index in [1.54, 1.807) is 0 Å². The topological polar surface area (TPSA) is 61.6 Å². The average molecular weight is 228 g/mol. The van der Waals surface area contributed by atoms with Gasteiger partial charge in [0.1, 0.15) is 0 Å². The quantitative estimate of drug-likeness (QED) is 0.718. The smallest absolute Gasteiger partial charge is 0.317 e. The van der Waals surface area contributed by atoms with Crippen molar-refractivity contribution in [1.29, 1.82) is 0 Å². The Bertz CT molecular complexity index is 220. The van der Waals surface area contributed by atoms with E-state index in [-0.39, 0.29) is 12.1 Å². The van der Waals surface area contributed by atoms with Crippen LogP contribution < -0.4 is 11.1 Å². The molecule has 0 aromatic carbocycles. The highest BCUT2D eigenvalue weighted by molar-refractivity contribution is 5.74. The molecule has 1 rings (SSSR count). The Hall–Kier alpha value is -0.810. The Morgan fingerprint density at radius 1 is 1.31 bits per heavy atom. The molecule has 0 spiro atoms. The maximum absolute atomic E-state index is 11.8. The van der Waals surface area contributed by atoms with E-state index in [2.05, 4.69) is 10.2 Å². The second-order valence-corrected chi connectivity index (χ2v) is 4.58. The van der Waals surface area contributed by atoms with Crippen LogP contribution in [0.1, 0.15) is 20.3 Å². The van der Waals surface area contributed by atoms with Crippen LogP contribution in [0.4, 0.5) is 4.79 Å². The molecule has 0 unspecified atom stereocenters. The zero-order valence-electron chi connectivity index (χ0n) is 10.4. The van der Waals surface area contributed by atoms with Crippen LogP contribution in [0.5, 0.6) is 0 Å². The minimum absolute atomic E-state index is 0.0598. The number of urea groups is 1. The van der Waals surface area contributed by atoms with Crippen molar-refractivity contribution in [2.45, 2.75) is 26.3 Å². The van der Waals surface area contributed by atoms with Gasteiger partial charge in [-0.25, -0.2) is 4.79 Å². The normalized spacial score (nSPS) is 18.6. The van der Waals surface area contributed by atoms with Crippen LogP contribution in [0.3, 0.4) is 0 Å². The Labute approximate surface area is 98.0 Å². The molecule has 3 N–H and O–H groups in total. The number of rotatable bonds is 3. The Kier molecular flexibility index (Phi) is 5.55. The number of carbonyl (C=O) groups excluding carboxylic acids is 1. The fourth-order valence-corrected chi connectivity index (χ4v) is 1.92. The highest BCUT2D eigenvalue weighted by atomic mass is 16.2. The van der Waals surface area contributed by atoms with E-state index in [1.807, 2.05) is 18.7 Å². The SMILES string of the molecule is CC(C)NC(=O)N1CCCN(CCN)CC1. The minimum atomic E-state index is 0.0598. The van der Waals surface area contributed by atoms with E-state index >= 15 is 0 Å². The lowest BCUT2D eigenvalue weighted by atomic mass is 10.4. The van der Waals surface area contributed by atoms with E-state index in [4.69, 9.17) is 5.73 Å². The van der Waals surface area contributed by atoms with Crippen molar-refractivity contribution in [3.8, 4) is 0 Å². The standard InChI is InChI=1S/C11H24N4O/c1-10(2)13-11(16)15-6-3-5-14(7-4-12)8-9-15/h10H,3-9,12H2,1-2H3,(H,13,16). The molecule has 0 atom stereocenters. The number of hydrogen-bond donors (Lipinski definition) is 2. The van der Waals surface area contributed by atoms with Crippen molar-refractivity contribution >= 4 is 6.03 Å². The van der Waals surface area contributed by atoms with Crippen molar-refractivity contribution in [3.63, 3.8) is 0 Å². The first-order valence-corrected chi connectivity index (χ1v) is 6.11. The zero-order valence-corrected chi connectivity index (χ0v) is 10.4. The fraction of sp³-hybridized carbons (Fsp3) is 0.909. The molecule has 0 saturated carbocycles. The summed E-state index contributed by atoms with van der Waals surface area (Å²) < 4.78 is 0. The second kappa shape index (κ2) is 6.70. The van der Waals surface area contributed by atoms with Gasteiger partial charge in [0.2, 0.25) is 0 Å². The first kappa shape index (κ1) is 13.3. The van der Waals surface area contributed by atoms with Gasteiger partial charge in [-0.3, -0.25) is 0 Å². The number of carbonyl (C=O) groups is 1. The number of hydrogen-bond acceptors (Lipinski definition) is 3. The molecule has 2 amide bonds. The molecule has 1 aliphatic rings. The number of nitrogens with zero attached hydrogens (tertiary/aromatic N) is 2. The third-order valence-corrected chi connectivity index (χ3v) is 2.73. The zero-order chi connectivity index (χ0) is 12.0. The highest BCUT2D eigenvalue weighted by Gasteiger charge is 2.18. The van der Waals surface area contributed by atoms with Crippen LogP contribution in [0.2, 0.25) is 0 Å². The lowest BCUT2D eigenvalue weighted by molar-refractivity contribution is 0.196. The molecule has 1 heterocycles. The summed E-state index contributed by atoms with van der Waals surface area (Å²) in [5.41, 5.74) is 5.54. The van der Waals surface area contributed by atoms with Crippen molar-refractivity contribution in [2.24, 2.45) is 5.73 Å². The number of nitrogens with one attached hydrogen (secondary N) is 1. The van der Waals surface area contributed by atoms with E-state index in [1.165, 1.54) is 0 Å². The molecule has 1 saturated heterocycles. The van der Waals surface area contributed by atoms with Crippen LogP contribution in [0.15, 0.2) is 0 Å². The van der Waals surface area contributed by atoms with Crippen molar-refractivity contribution in [3.05, 3.63) is 0 Å². The molecule has 0 radical (unpaired) electrons. The summed E-state index contributed by atoms with van der Waals surface area (Å²) in [7, 11) is 0. The largest absolute Gasteiger partial charge is 0.336 e. The molecule has 1 aliphatic heterocycles. The minimum Gasteiger partial charge on any atom is -0.336 e. The van der Waals surface area contributed by atoms with Crippen molar-refractivity contribution in [1.82, 2.24) is 15.1 Å². The Morgan fingerprint density at radius 3 is 2.69 bits per heavy atom. The van der Waals surface area contributed by atoms with Crippen molar-refractivity contribution in [2.75, 3.05) is 39.3 Å². The molecule has 5 nitrogen and oxygen atoms in total. The van der Waals surface area contributed by atoms with Gasteiger partial charge in [-0.2, -0.15) is 0 Å². The molecule has 5 heteroatoms. The summed E-state index contributed by atoms with van der Waals surface area (Å²) in [6.07, 6.45) is 1.03. The molecule has 1 fully saturated rings. The summed E-state index contributed by atoms with van der Waals surface area (Å²) in [4.78, 5) is 16.0. The molecular formula is C11H24N4O. The van der Waals surface area contributed by atoms with E-state index < -0.39 is 0 Å². The fourth-order valence-electron chi connectivity index (χ4n) is 1.92. The molecule has 0 aromatic rings. The van der Waals surface area contributed by atoms with Gasteiger partial charge in [-0.1, -0.05) is 0 Å². The summed E-state index contributed by atoms with van der Waals surface area (Å²) in [5.74, 6) is 0. The molecular weight excluding hydrogens is 204 g/mol. The maximum atomic E-state index is 11.8. The van der Waals surface area contributed by atoms with Gasteiger partial charge in [-0.05, 0) is 26.8 Å². The van der Waals surface area contributed by atoms with Gasteiger partial charge in [0.05, 0.1) is 0 Å². The summed E-state index contributed by atoms with van der Waals surface area (Å²) in [6.45, 7) is 9.22. The van der Waals surface area contributed by atoms with Crippen LogP contribution in [0.25, 0.3) is 0 Å². The van der Waals surface area contributed by atoms with Gasteiger partial charge in [0.25, 0.3) is 0 Å². The third kappa shape index (κ3) is 4.37. The van der Waals surface area contributed by atoms with Gasteiger partial charge >= 0.3 is 6.03 Å². The van der Waals surface area contributed by atoms with Gasteiger partial charge in [0, 0.05) is 38.8 Å². The van der Waals surface area contributed by atoms with Crippen LogP contribution in [-0.4, -0.2) is 61.1 Å². The monoisotopic (exact) mass is 228 g/mol. The van der Waals surface area contributed by atoms with Gasteiger partial charge in [0.15, 0.2) is 0 Å². The summed E-state index contributed by atoms with van der Waals surface area (Å²) >= 11 is 0. The molecule has 0 bridgehead atoms. The highest BCUT2D eigenvalue weighted by Crippen LogP contribution is 2.03. The lowest BCUT2D eigenvalue weighted by Gasteiger charge is -2.23. The van der Waals surface area contributed by atoms with Gasteiger partial charge in [-0.15, -0.1) is 0 Å². The van der Waals surface area contributed by atoms with Gasteiger partial charge < -0.3 is 20.9 Å². The first-order valence-electron chi connectivity index (χ1n) is 6.11. The molecule has 16 heavy (non-hydrogen) atoms. The van der Waals surface area contributed by atoms with E-state index in [9.17, 15) is 4.79 Å². The van der Waals surface area contributed by atoms with E-state index in [0.717, 1.165) is 39.1 Å². The number of nitrogens with two attached hydrogens (primary N) is 1. The van der Waals surface area contributed by atoms with Crippen LogP contribution in [0, 0.1) is 0 Å². The lowest BCUT2D eigenvalue weighted by Crippen LogP contribution is -2.44. The first-order chi connectivity index (χ1) is 7.63. The number of amides is 2. The average Bonchev–Trinajstić information content (AvgIpc) is 2.43. The third-order valence-electron chi connectivity index (χ3n) is 2.73.